The normalized spacial score (nSPS) is 13.3. The fourth-order valence-electron chi connectivity index (χ4n) is 3.24. The van der Waals surface area contributed by atoms with Gasteiger partial charge < -0.3 is 10.2 Å². The number of carbonyl (C=O) groups excluding carboxylic acids is 1. The summed E-state index contributed by atoms with van der Waals surface area (Å²) in [5.74, 6) is 0.564. The highest BCUT2D eigenvalue weighted by atomic mass is 16.1. The summed E-state index contributed by atoms with van der Waals surface area (Å²) < 4.78 is 1.69. The molecule has 0 fully saturated rings. The van der Waals surface area contributed by atoms with E-state index in [0.717, 1.165) is 25.9 Å². The molecule has 0 unspecified atom stereocenters. The lowest BCUT2D eigenvalue weighted by atomic mass is 10.0. The SMILES string of the molecule is O=C(NCCN1CCCc2ccccc21)c1ccc(-n2cnnc2)nc1. The molecule has 26 heavy (non-hydrogen) atoms. The van der Waals surface area contributed by atoms with Gasteiger partial charge in [-0.25, -0.2) is 4.98 Å². The van der Waals surface area contributed by atoms with Gasteiger partial charge in [-0.05, 0) is 36.6 Å². The molecule has 1 amide bonds. The van der Waals surface area contributed by atoms with E-state index in [9.17, 15) is 4.79 Å². The average Bonchev–Trinajstić information content (AvgIpc) is 3.23. The van der Waals surface area contributed by atoms with Crippen molar-refractivity contribution in [1.82, 2.24) is 25.1 Å². The maximum atomic E-state index is 12.3. The second-order valence-corrected chi connectivity index (χ2v) is 6.25. The van der Waals surface area contributed by atoms with Crippen molar-refractivity contribution in [2.45, 2.75) is 12.8 Å². The summed E-state index contributed by atoms with van der Waals surface area (Å²) in [6.45, 7) is 2.43. The molecule has 1 N–H and O–H groups in total. The van der Waals surface area contributed by atoms with Gasteiger partial charge in [0.15, 0.2) is 0 Å². The van der Waals surface area contributed by atoms with Gasteiger partial charge in [-0.15, -0.1) is 10.2 Å². The molecular weight excluding hydrogens is 328 g/mol. The summed E-state index contributed by atoms with van der Waals surface area (Å²) in [6.07, 6.45) is 6.99. The van der Waals surface area contributed by atoms with Crippen molar-refractivity contribution in [2.24, 2.45) is 0 Å². The van der Waals surface area contributed by atoms with E-state index in [2.05, 4.69) is 49.7 Å². The molecule has 4 rings (SSSR count). The summed E-state index contributed by atoms with van der Waals surface area (Å²) in [5, 5.41) is 10.5. The number of para-hydroxylation sites is 1. The van der Waals surface area contributed by atoms with Crippen molar-refractivity contribution in [3.63, 3.8) is 0 Å². The van der Waals surface area contributed by atoms with Crippen molar-refractivity contribution >= 4 is 11.6 Å². The minimum Gasteiger partial charge on any atom is -0.370 e. The van der Waals surface area contributed by atoms with E-state index in [1.54, 1.807) is 35.6 Å². The zero-order chi connectivity index (χ0) is 17.8. The predicted molar refractivity (Wildman–Crippen MR) is 98.5 cm³/mol. The Bertz CT molecular complexity index is 875. The summed E-state index contributed by atoms with van der Waals surface area (Å²) in [6, 6.07) is 12.0. The van der Waals surface area contributed by atoms with Crippen LogP contribution < -0.4 is 10.2 Å². The third kappa shape index (κ3) is 3.42. The predicted octanol–water partition coefficient (Wildman–Crippen LogP) is 1.84. The molecule has 0 saturated carbocycles. The van der Waals surface area contributed by atoms with Crippen LogP contribution >= 0.6 is 0 Å². The van der Waals surface area contributed by atoms with E-state index in [0.29, 0.717) is 17.9 Å². The maximum absolute atomic E-state index is 12.3. The van der Waals surface area contributed by atoms with Gasteiger partial charge in [-0.2, -0.15) is 0 Å². The fourth-order valence-corrected chi connectivity index (χ4v) is 3.24. The molecule has 1 aliphatic rings. The number of carbonyl (C=O) groups is 1. The lowest BCUT2D eigenvalue weighted by Crippen LogP contribution is -2.37. The second kappa shape index (κ2) is 7.35. The van der Waals surface area contributed by atoms with Crippen molar-refractivity contribution in [3.05, 3.63) is 66.4 Å². The van der Waals surface area contributed by atoms with Crippen LogP contribution in [-0.4, -0.2) is 45.3 Å². The van der Waals surface area contributed by atoms with Crippen LogP contribution in [0.3, 0.4) is 0 Å². The van der Waals surface area contributed by atoms with Gasteiger partial charge in [0.1, 0.15) is 18.5 Å². The summed E-state index contributed by atoms with van der Waals surface area (Å²) >= 11 is 0. The van der Waals surface area contributed by atoms with Crippen molar-refractivity contribution in [2.75, 3.05) is 24.5 Å². The summed E-state index contributed by atoms with van der Waals surface area (Å²) in [4.78, 5) is 19.0. The van der Waals surface area contributed by atoms with Crippen molar-refractivity contribution < 1.29 is 4.79 Å². The molecule has 7 nitrogen and oxygen atoms in total. The highest BCUT2D eigenvalue weighted by Crippen LogP contribution is 2.25. The Labute approximate surface area is 151 Å². The number of anilines is 1. The molecule has 2 aromatic heterocycles. The van der Waals surface area contributed by atoms with Gasteiger partial charge >= 0.3 is 0 Å². The summed E-state index contributed by atoms with van der Waals surface area (Å²) in [5.41, 5.74) is 3.22. The van der Waals surface area contributed by atoms with Gasteiger partial charge in [0, 0.05) is 31.5 Å². The lowest BCUT2D eigenvalue weighted by molar-refractivity contribution is 0.0954. The Kier molecular flexibility index (Phi) is 4.59. The number of benzene rings is 1. The number of pyridine rings is 1. The Morgan fingerprint density at radius 3 is 2.77 bits per heavy atom. The first-order valence-electron chi connectivity index (χ1n) is 8.73. The number of nitrogens with zero attached hydrogens (tertiary/aromatic N) is 5. The Balaban J connectivity index is 1.33. The van der Waals surface area contributed by atoms with E-state index < -0.39 is 0 Å². The lowest BCUT2D eigenvalue weighted by Gasteiger charge is -2.31. The third-order valence-electron chi connectivity index (χ3n) is 4.57. The van der Waals surface area contributed by atoms with E-state index >= 15 is 0 Å². The maximum Gasteiger partial charge on any atom is 0.252 e. The molecule has 7 heteroatoms. The van der Waals surface area contributed by atoms with Gasteiger partial charge in [0.05, 0.1) is 5.56 Å². The zero-order valence-corrected chi connectivity index (χ0v) is 14.4. The number of hydrogen-bond donors (Lipinski definition) is 1. The fraction of sp³-hybridized carbons (Fsp3) is 0.263. The number of amides is 1. The quantitative estimate of drug-likeness (QED) is 0.761. The van der Waals surface area contributed by atoms with Crippen LogP contribution in [0.2, 0.25) is 0 Å². The Morgan fingerprint density at radius 2 is 1.96 bits per heavy atom. The highest BCUT2D eigenvalue weighted by molar-refractivity contribution is 5.93. The molecule has 0 spiro atoms. The molecule has 1 aromatic carbocycles. The standard InChI is InChI=1S/C19H20N6O/c26-19(16-7-8-18(21-12-16)25-13-22-23-14-25)20-9-11-24-10-3-5-15-4-1-2-6-17(15)24/h1-2,4,6-8,12-14H,3,5,9-11H2,(H,20,26). The minimum absolute atomic E-state index is 0.113. The molecule has 1 aliphatic heterocycles. The van der Waals surface area contributed by atoms with E-state index in [1.165, 1.54) is 11.3 Å². The number of fused-ring (bicyclic) bond motifs is 1. The molecule has 0 bridgehead atoms. The molecule has 0 atom stereocenters. The first-order valence-corrected chi connectivity index (χ1v) is 8.73. The Morgan fingerprint density at radius 1 is 1.12 bits per heavy atom. The van der Waals surface area contributed by atoms with Crippen LogP contribution in [0.4, 0.5) is 5.69 Å². The van der Waals surface area contributed by atoms with Crippen LogP contribution in [0.25, 0.3) is 5.82 Å². The van der Waals surface area contributed by atoms with Gasteiger partial charge in [-0.1, -0.05) is 18.2 Å². The average molecular weight is 348 g/mol. The highest BCUT2D eigenvalue weighted by Gasteiger charge is 2.16. The van der Waals surface area contributed by atoms with E-state index in [1.807, 2.05) is 0 Å². The first kappa shape index (κ1) is 16.3. The van der Waals surface area contributed by atoms with Gasteiger partial charge in [0.25, 0.3) is 5.91 Å². The van der Waals surface area contributed by atoms with Crippen molar-refractivity contribution in [1.29, 1.82) is 0 Å². The van der Waals surface area contributed by atoms with E-state index in [-0.39, 0.29) is 5.91 Å². The molecule has 132 valence electrons. The minimum atomic E-state index is -0.113. The Hall–Kier alpha value is -3.22. The summed E-state index contributed by atoms with van der Waals surface area (Å²) in [7, 11) is 0. The van der Waals surface area contributed by atoms with Crippen molar-refractivity contribution in [3.8, 4) is 5.82 Å². The first-order chi connectivity index (χ1) is 12.8. The number of nitrogens with one attached hydrogen (secondary N) is 1. The van der Waals surface area contributed by atoms with E-state index in [4.69, 9.17) is 0 Å². The van der Waals surface area contributed by atoms with Crippen LogP contribution in [-0.2, 0) is 6.42 Å². The zero-order valence-electron chi connectivity index (χ0n) is 14.4. The number of aryl methyl sites for hydroxylation is 1. The van der Waals surface area contributed by atoms with Crippen LogP contribution in [0.15, 0.2) is 55.2 Å². The molecule has 0 radical (unpaired) electrons. The molecule has 3 aromatic rings. The van der Waals surface area contributed by atoms with Crippen LogP contribution in [0.1, 0.15) is 22.3 Å². The molecular formula is C19H20N6O. The number of hydrogen-bond acceptors (Lipinski definition) is 5. The number of rotatable bonds is 5. The number of aromatic nitrogens is 4. The van der Waals surface area contributed by atoms with Crippen LogP contribution in [0, 0.1) is 0 Å². The second-order valence-electron chi connectivity index (χ2n) is 6.25. The smallest absolute Gasteiger partial charge is 0.252 e. The molecule has 0 saturated heterocycles. The van der Waals surface area contributed by atoms with Crippen LogP contribution in [0.5, 0.6) is 0 Å². The molecule has 0 aliphatic carbocycles. The largest absolute Gasteiger partial charge is 0.370 e. The van der Waals surface area contributed by atoms with Gasteiger partial charge in [-0.3, -0.25) is 9.36 Å². The van der Waals surface area contributed by atoms with Gasteiger partial charge in [0.2, 0.25) is 0 Å². The topological polar surface area (TPSA) is 75.9 Å². The molecule has 3 heterocycles. The monoisotopic (exact) mass is 348 g/mol. The third-order valence-corrected chi connectivity index (χ3v) is 4.57.